The quantitative estimate of drug-likeness (QED) is 0.332. The van der Waals surface area contributed by atoms with E-state index in [1.807, 2.05) is 13.0 Å². The second-order valence-electron chi connectivity index (χ2n) is 8.78. The van der Waals surface area contributed by atoms with Crippen molar-refractivity contribution < 1.29 is 20.1 Å². The summed E-state index contributed by atoms with van der Waals surface area (Å²) in [5.74, 6) is 0.459. The van der Waals surface area contributed by atoms with Crippen molar-refractivity contribution in [3.05, 3.63) is 35.4 Å². The van der Waals surface area contributed by atoms with Crippen molar-refractivity contribution in [1.82, 2.24) is 19.5 Å². The summed E-state index contributed by atoms with van der Waals surface area (Å²) in [5, 5.41) is 34.6. The van der Waals surface area contributed by atoms with Crippen molar-refractivity contribution in [1.29, 1.82) is 0 Å². The van der Waals surface area contributed by atoms with Crippen molar-refractivity contribution in [3.63, 3.8) is 0 Å². The van der Waals surface area contributed by atoms with Gasteiger partial charge in [-0.1, -0.05) is 37.0 Å². The van der Waals surface area contributed by atoms with E-state index >= 15 is 0 Å². The lowest BCUT2D eigenvalue weighted by Gasteiger charge is -2.19. The minimum absolute atomic E-state index is 0.0270. The molecule has 1 aromatic carbocycles. The molecule has 2 aromatic heterocycles. The Hall–Kier alpha value is -2.08. The summed E-state index contributed by atoms with van der Waals surface area (Å²) in [7, 11) is -1.43. The van der Waals surface area contributed by atoms with Gasteiger partial charge < -0.3 is 25.4 Å². The highest BCUT2D eigenvalue weighted by Crippen LogP contribution is 2.35. The molecule has 0 aliphatic carbocycles. The number of aliphatic hydroxyl groups is 3. The number of ether oxygens (including phenoxy) is 1. The van der Waals surface area contributed by atoms with Crippen LogP contribution >= 0.6 is 11.6 Å². The molecule has 1 fully saturated rings. The van der Waals surface area contributed by atoms with Gasteiger partial charge in [-0.15, -0.1) is 0 Å². The first-order valence-electron chi connectivity index (χ1n) is 10.0. The molecule has 0 saturated carbocycles. The number of hydrogen-bond donors (Lipinski definition) is 4. The van der Waals surface area contributed by atoms with Gasteiger partial charge in [0.1, 0.15) is 24.6 Å². The standard InChI is InChI=1S/C20H26ClN5O4Si/c1-10-7-11(31(2,3)4)5-6-12(10)24-17-14-18(23-9-22-17)26(20(21)25-14)19-16(29)15(28)13(8-27)30-19/h5-7,9,13,15-16,19,27-29H,8H2,1-4H3,(H,22,23,24)/t13-,15-,16-,19-/m1/s1. The fourth-order valence-corrected chi connectivity index (χ4v) is 5.18. The Balaban J connectivity index is 1.71. The topological polar surface area (TPSA) is 126 Å². The van der Waals surface area contributed by atoms with Crippen LogP contribution in [0.25, 0.3) is 11.2 Å². The number of nitrogens with zero attached hydrogens (tertiary/aromatic N) is 4. The van der Waals surface area contributed by atoms with Crippen molar-refractivity contribution >= 4 is 47.5 Å². The van der Waals surface area contributed by atoms with Crippen molar-refractivity contribution in [2.24, 2.45) is 0 Å². The SMILES string of the molecule is Cc1cc([Si](C)(C)C)ccc1Nc1ncnc2c1nc(Cl)n2[C@@H]1O[C@H](CO)[C@@H](O)[C@H]1O. The number of imidazole rings is 1. The summed E-state index contributed by atoms with van der Waals surface area (Å²) in [5.41, 5.74) is 2.72. The first kappa shape index (κ1) is 22.1. The number of anilines is 2. The Labute approximate surface area is 185 Å². The maximum atomic E-state index is 10.4. The second-order valence-corrected chi connectivity index (χ2v) is 14.2. The Morgan fingerprint density at radius 1 is 1.19 bits per heavy atom. The highest BCUT2D eigenvalue weighted by atomic mass is 35.5. The van der Waals surface area contributed by atoms with E-state index in [1.165, 1.54) is 16.1 Å². The zero-order chi connectivity index (χ0) is 22.5. The van der Waals surface area contributed by atoms with Gasteiger partial charge in [0.2, 0.25) is 5.28 Å². The van der Waals surface area contributed by atoms with Crippen molar-refractivity contribution in [2.45, 2.75) is 51.1 Å². The van der Waals surface area contributed by atoms with Crippen molar-refractivity contribution in [3.8, 4) is 0 Å². The van der Waals surface area contributed by atoms with Crippen LogP contribution < -0.4 is 10.5 Å². The normalized spacial score (nSPS) is 24.1. The number of rotatable bonds is 5. The van der Waals surface area contributed by atoms with E-state index in [4.69, 9.17) is 16.3 Å². The first-order valence-corrected chi connectivity index (χ1v) is 13.9. The molecule has 4 N–H and O–H groups in total. The van der Waals surface area contributed by atoms with E-state index in [9.17, 15) is 15.3 Å². The molecule has 3 aromatic rings. The number of fused-ring (bicyclic) bond motifs is 1. The fourth-order valence-electron chi connectivity index (χ4n) is 3.69. The summed E-state index contributed by atoms with van der Waals surface area (Å²) >= 11 is 6.35. The van der Waals surface area contributed by atoms with E-state index in [-0.39, 0.29) is 5.28 Å². The first-order chi connectivity index (χ1) is 14.6. The molecule has 3 heterocycles. The largest absolute Gasteiger partial charge is 0.394 e. The molecule has 1 saturated heterocycles. The number of aryl methyl sites for hydroxylation is 1. The number of halogens is 1. The maximum Gasteiger partial charge on any atom is 0.207 e. The van der Waals surface area contributed by atoms with E-state index in [1.54, 1.807) is 0 Å². The molecule has 0 spiro atoms. The van der Waals surface area contributed by atoms with Crippen LogP contribution in [-0.4, -0.2) is 67.8 Å². The molecule has 11 heteroatoms. The van der Waals surface area contributed by atoms with E-state index in [2.05, 4.69) is 52.0 Å². The van der Waals surface area contributed by atoms with Gasteiger partial charge >= 0.3 is 0 Å². The Bertz CT molecular complexity index is 1120. The molecular formula is C20H26ClN5O4Si. The molecule has 166 valence electrons. The number of hydrogen-bond acceptors (Lipinski definition) is 8. The fraction of sp³-hybridized carbons (Fsp3) is 0.450. The van der Waals surface area contributed by atoms with Gasteiger partial charge in [-0.2, -0.15) is 0 Å². The molecule has 9 nitrogen and oxygen atoms in total. The van der Waals surface area contributed by atoms with Gasteiger partial charge in [0, 0.05) is 5.69 Å². The van der Waals surface area contributed by atoms with E-state index in [0.717, 1.165) is 11.3 Å². The van der Waals surface area contributed by atoms with Crippen LogP contribution in [0.4, 0.5) is 11.5 Å². The molecular weight excluding hydrogens is 438 g/mol. The van der Waals surface area contributed by atoms with E-state index < -0.39 is 39.2 Å². The van der Waals surface area contributed by atoms with Gasteiger partial charge in [0.25, 0.3) is 0 Å². The smallest absolute Gasteiger partial charge is 0.207 e. The summed E-state index contributed by atoms with van der Waals surface area (Å²) in [6, 6.07) is 6.35. The van der Waals surface area contributed by atoms with Gasteiger partial charge in [-0.3, -0.25) is 4.57 Å². The van der Waals surface area contributed by atoms with Gasteiger partial charge in [-0.25, -0.2) is 15.0 Å². The minimum Gasteiger partial charge on any atom is -0.394 e. The number of benzene rings is 1. The van der Waals surface area contributed by atoms with Gasteiger partial charge in [0.15, 0.2) is 23.2 Å². The zero-order valence-corrected chi connectivity index (χ0v) is 19.5. The summed E-state index contributed by atoms with van der Waals surface area (Å²) in [4.78, 5) is 12.9. The van der Waals surface area contributed by atoms with Crippen LogP contribution in [0.5, 0.6) is 0 Å². The lowest BCUT2D eigenvalue weighted by Crippen LogP contribution is -2.37. The molecule has 0 unspecified atom stereocenters. The number of nitrogens with one attached hydrogen (secondary N) is 1. The maximum absolute atomic E-state index is 10.4. The molecule has 4 rings (SSSR count). The lowest BCUT2D eigenvalue weighted by molar-refractivity contribution is -0.0509. The number of aliphatic hydroxyl groups excluding tert-OH is 3. The third-order valence-corrected chi connectivity index (χ3v) is 7.86. The second kappa shape index (κ2) is 8.12. The van der Waals surface area contributed by atoms with Crippen LogP contribution in [0, 0.1) is 6.92 Å². The third-order valence-electron chi connectivity index (χ3n) is 5.55. The molecule has 31 heavy (non-hydrogen) atoms. The average Bonchev–Trinajstić information content (AvgIpc) is 3.19. The van der Waals surface area contributed by atoms with Crippen molar-refractivity contribution in [2.75, 3.05) is 11.9 Å². The summed E-state index contributed by atoms with van der Waals surface area (Å²) in [6.45, 7) is 8.50. The molecule has 1 aliphatic rings. The van der Waals surface area contributed by atoms with Crippen LogP contribution in [0.3, 0.4) is 0 Å². The van der Waals surface area contributed by atoms with E-state index in [0.29, 0.717) is 17.0 Å². The molecule has 0 radical (unpaired) electrons. The predicted octanol–water partition coefficient (Wildman–Crippen LogP) is 1.69. The zero-order valence-electron chi connectivity index (χ0n) is 17.7. The molecule has 0 bridgehead atoms. The molecule has 4 atom stereocenters. The van der Waals surface area contributed by atoms with Crippen LogP contribution in [0.2, 0.25) is 24.9 Å². The van der Waals surface area contributed by atoms with Crippen LogP contribution in [-0.2, 0) is 4.74 Å². The average molecular weight is 464 g/mol. The monoisotopic (exact) mass is 463 g/mol. The Morgan fingerprint density at radius 2 is 1.94 bits per heavy atom. The third kappa shape index (κ3) is 3.95. The molecule has 0 amide bonds. The Kier molecular flexibility index (Phi) is 5.79. The summed E-state index contributed by atoms with van der Waals surface area (Å²) in [6.07, 6.45) is -3.15. The highest BCUT2D eigenvalue weighted by molar-refractivity contribution is 6.88. The Morgan fingerprint density at radius 3 is 2.55 bits per heavy atom. The molecule has 1 aliphatic heterocycles. The van der Waals surface area contributed by atoms with Crippen LogP contribution in [0.15, 0.2) is 24.5 Å². The minimum atomic E-state index is -1.43. The van der Waals surface area contributed by atoms with Crippen LogP contribution in [0.1, 0.15) is 11.8 Å². The van der Waals surface area contributed by atoms with Gasteiger partial charge in [0.05, 0.1) is 14.7 Å². The number of aromatic nitrogens is 4. The van der Waals surface area contributed by atoms with Gasteiger partial charge in [-0.05, 0) is 30.2 Å². The lowest BCUT2D eigenvalue weighted by atomic mass is 10.1. The highest BCUT2D eigenvalue weighted by Gasteiger charge is 2.44. The predicted molar refractivity (Wildman–Crippen MR) is 121 cm³/mol. The summed E-state index contributed by atoms with van der Waals surface area (Å²) < 4.78 is 7.00.